The minimum atomic E-state index is -5.88. The fraction of sp³-hybridized carbons (Fsp3) is 0.600. The zero-order valence-electron chi connectivity index (χ0n) is 8.44. The van der Waals surface area contributed by atoms with Crippen LogP contribution in [-0.4, -0.2) is 51.9 Å². The summed E-state index contributed by atoms with van der Waals surface area (Å²) in [5.41, 5.74) is 0. The first-order valence-corrected chi connectivity index (χ1v) is 7.26. The predicted octanol–water partition coefficient (Wildman–Crippen LogP) is -1.84. The average Bonchev–Trinajstić information content (AvgIpc) is 2.08. The lowest BCUT2D eigenvalue weighted by molar-refractivity contribution is -0.155. The van der Waals surface area contributed by atoms with Crippen LogP contribution in [0, 0.1) is 5.92 Å². The van der Waals surface area contributed by atoms with Crippen LogP contribution in [0.4, 0.5) is 0 Å². The van der Waals surface area contributed by atoms with Crippen molar-refractivity contribution in [3.63, 3.8) is 0 Å². The lowest BCUT2D eigenvalue weighted by Crippen LogP contribution is -2.37. The van der Waals surface area contributed by atoms with Crippen LogP contribution in [0.2, 0.25) is 0 Å². The van der Waals surface area contributed by atoms with Gasteiger partial charge in [0.2, 0.25) is 0 Å². The van der Waals surface area contributed by atoms with E-state index in [2.05, 4.69) is 0 Å². The first kappa shape index (κ1) is 17.2. The van der Waals surface area contributed by atoms with Crippen molar-refractivity contribution in [2.24, 2.45) is 5.92 Å². The van der Waals surface area contributed by atoms with Gasteiger partial charge in [0, 0.05) is 6.42 Å². The molecule has 0 radical (unpaired) electrons. The number of carbonyl (C=O) groups is 2. The van der Waals surface area contributed by atoms with Gasteiger partial charge in [0.1, 0.15) is 0 Å². The van der Waals surface area contributed by atoms with Gasteiger partial charge in [0.25, 0.3) is 5.08 Å². The van der Waals surface area contributed by atoms with Crippen molar-refractivity contribution in [3.8, 4) is 0 Å². The van der Waals surface area contributed by atoms with Gasteiger partial charge in [-0.05, 0) is 0 Å². The largest absolute Gasteiger partial charge is 0.481 e. The quantitative estimate of drug-likeness (QED) is 0.214. The van der Waals surface area contributed by atoms with E-state index in [1.165, 1.54) is 0 Å². The van der Waals surface area contributed by atoms with Crippen molar-refractivity contribution in [1.82, 2.24) is 0 Å². The molecule has 106 valence electrons. The molecular weight excluding hydrogens is 298 g/mol. The summed E-state index contributed by atoms with van der Waals surface area (Å²) in [6.45, 7) is 0. The number of hydrogen-bond donors (Lipinski definition) is 7. The van der Waals surface area contributed by atoms with Crippen molar-refractivity contribution in [3.05, 3.63) is 0 Å². The van der Waals surface area contributed by atoms with Gasteiger partial charge >= 0.3 is 27.1 Å². The Morgan fingerprint density at radius 2 is 1.22 bits per heavy atom. The molecule has 0 fully saturated rings. The summed E-state index contributed by atoms with van der Waals surface area (Å²) < 4.78 is 21.7. The van der Waals surface area contributed by atoms with Gasteiger partial charge in [-0.3, -0.25) is 18.7 Å². The molecule has 0 rings (SSSR count). The van der Waals surface area contributed by atoms with E-state index >= 15 is 0 Å². The van der Waals surface area contributed by atoms with Crippen molar-refractivity contribution in [2.75, 3.05) is 0 Å². The Hall–Kier alpha value is -0.800. The molecule has 0 bridgehead atoms. The van der Waals surface area contributed by atoms with Crippen LogP contribution < -0.4 is 0 Å². The molecule has 0 saturated heterocycles. The third-order valence-electron chi connectivity index (χ3n) is 2.01. The van der Waals surface area contributed by atoms with Crippen LogP contribution in [0.25, 0.3) is 0 Å². The van der Waals surface area contributed by atoms with Gasteiger partial charge in [-0.2, -0.15) is 0 Å². The molecule has 11 nitrogen and oxygen atoms in total. The van der Waals surface area contributed by atoms with E-state index in [0.717, 1.165) is 0 Å². The van der Waals surface area contributed by atoms with Crippen molar-refractivity contribution >= 4 is 27.1 Å². The van der Waals surface area contributed by atoms with Crippen LogP contribution >= 0.6 is 15.2 Å². The Morgan fingerprint density at radius 3 is 1.39 bits per heavy atom. The van der Waals surface area contributed by atoms with Crippen LogP contribution in [0.3, 0.4) is 0 Å². The van der Waals surface area contributed by atoms with Crippen LogP contribution in [0.15, 0.2) is 0 Å². The molecule has 0 atom stereocenters. The summed E-state index contributed by atoms with van der Waals surface area (Å²) in [4.78, 5) is 55.6. The molecule has 0 aliphatic heterocycles. The number of aliphatic hydroxyl groups is 1. The normalized spacial score (nSPS) is 13.7. The lowest BCUT2D eigenvalue weighted by Gasteiger charge is -2.30. The zero-order chi connectivity index (χ0) is 14.9. The van der Waals surface area contributed by atoms with E-state index in [4.69, 9.17) is 29.8 Å². The minimum absolute atomic E-state index is 1.84. The van der Waals surface area contributed by atoms with E-state index in [9.17, 15) is 23.8 Å². The van der Waals surface area contributed by atoms with E-state index in [0.29, 0.717) is 0 Å². The summed E-state index contributed by atoms with van der Waals surface area (Å²) in [5, 5.41) is 22.1. The lowest BCUT2D eigenvalue weighted by atomic mass is 10.1. The maximum Gasteiger partial charge on any atom is 0.369 e. The van der Waals surface area contributed by atoms with Gasteiger partial charge in [0.05, 0.1) is 0 Å². The van der Waals surface area contributed by atoms with Gasteiger partial charge in [-0.1, -0.05) is 0 Å². The van der Waals surface area contributed by atoms with E-state index in [1.54, 1.807) is 0 Å². The Labute approximate surface area is 99.0 Å². The molecule has 0 heterocycles. The number of carboxylic acids is 2. The van der Waals surface area contributed by atoms with Crippen molar-refractivity contribution in [2.45, 2.75) is 11.5 Å². The van der Waals surface area contributed by atoms with Gasteiger partial charge < -0.3 is 34.9 Å². The maximum absolute atomic E-state index is 10.8. The molecule has 13 heteroatoms. The molecule has 18 heavy (non-hydrogen) atoms. The summed E-state index contributed by atoms with van der Waals surface area (Å²) in [6, 6.07) is 0. The van der Waals surface area contributed by atoms with Crippen molar-refractivity contribution < 1.29 is 53.6 Å². The maximum atomic E-state index is 10.8. The minimum Gasteiger partial charge on any atom is -0.481 e. The van der Waals surface area contributed by atoms with Crippen LogP contribution in [-0.2, 0) is 18.7 Å². The highest BCUT2D eigenvalue weighted by atomic mass is 31.2. The number of carboxylic acid groups (broad SMARTS) is 2. The number of hydrogen-bond acceptors (Lipinski definition) is 5. The first-order chi connectivity index (χ1) is 7.74. The molecule has 0 aliphatic rings. The smallest absolute Gasteiger partial charge is 0.369 e. The van der Waals surface area contributed by atoms with E-state index < -0.39 is 44.6 Å². The van der Waals surface area contributed by atoms with Gasteiger partial charge in [0.15, 0.2) is 5.92 Å². The number of rotatable bonds is 6. The summed E-state index contributed by atoms with van der Waals surface area (Å²) in [7, 11) is -11.8. The van der Waals surface area contributed by atoms with E-state index in [1.807, 2.05) is 0 Å². The monoisotopic (exact) mass is 308 g/mol. The average molecular weight is 308 g/mol. The van der Waals surface area contributed by atoms with E-state index in [-0.39, 0.29) is 0 Å². The SMILES string of the molecule is O=C(O)C(CC(O)(P(=O)(O)O)P(=O)(O)O)C(=O)O. The molecule has 0 amide bonds. The molecule has 0 aromatic heterocycles. The van der Waals surface area contributed by atoms with Crippen molar-refractivity contribution in [1.29, 1.82) is 0 Å². The Balaban J connectivity index is 5.68. The zero-order valence-corrected chi connectivity index (χ0v) is 10.2. The Morgan fingerprint density at radius 1 is 0.944 bits per heavy atom. The first-order valence-electron chi connectivity index (χ1n) is 4.03. The van der Waals surface area contributed by atoms with Gasteiger partial charge in [-0.25, -0.2) is 0 Å². The van der Waals surface area contributed by atoms with Crippen LogP contribution in [0.5, 0.6) is 0 Å². The Kier molecular flexibility index (Phi) is 4.83. The van der Waals surface area contributed by atoms with Crippen LogP contribution in [0.1, 0.15) is 6.42 Å². The third-order valence-corrected chi connectivity index (χ3v) is 5.80. The second-order valence-electron chi connectivity index (χ2n) is 3.30. The summed E-state index contributed by atoms with van der Waals surface area (Å²) in [5.74, 6) is -6.80. The third kappa shape index (κ3) is 3.36. The molecule has 0 spiro atoms. The molecule has 0 aromatic rings. The second kappa shape index (κ2) is 5.06. The molecule has 0 saturated carbocycles. The Bertz CT molecular complexity index is 406. The standard InChI is InChI=1S/C5H10O11P2/c6-3(7)2(4(8)9)1-5(10,17(11,12)13)18(14,15)16/h2,10H,1H2,(H,6,7)(H,8,9)(H2,11,12,13)(H2,14,15,16). The highest BCUT2D eigenvalue weighted by molar-refractivity contribution is 7.72. The highest BCUT2D eigenvalue weighted by Gasteiger charge is 2.61. The highest BCUT2D eigenvalue weighted by Crippen LogP contribution is 2.69. The topological polar surface area (TPSA) is 210 Å². The summed E-state index contributed by atoms with van der Waals surface area (Å²) in [6.07, 6.45) is -1.84. The predicted molar refractivity (Wildman–Crippen MR) is 52.4 cm³/mol. The molecule has 0 aliphatic carbocycles. The van der Waals surface area contributed by atoms with Gasteiger partial charge in [-0.15, -0.1) is 0 Å². The fourth-order valence-corrected chi connectivity index (χ4v) is 3.16. The second-order valence-corrected chi connectivity index (χ2v) is 7.30. The number of aliphatic carboxylic acids is 2. The molecule has 7 N–H and O–H groups in total. The fourth-order valence-electron chi connectivity index (χ4n) is 0.962. The molecular formula is C5H10O11P2. The molecule has 0 aromatic carbocycles. The molecule has 0 unspecified atom stereocenters. The summed E-state index contributed by atoms with van der Waals surface area (Å²) >= 11 is 0.